The van der Waals surface area contributed by atoms with Gasteiger partial charge in [0.25, 0.3) is 5.91 Å². The Kier molecular flexibility index (Phi) is 5.40. The fraction of sp³-hybridized carbons (Fsp3) is 0.267. The molecule has 0 aliphatic carbocycles. The Morgan fingerprint density at radius 3 is 2.65 bits per heavy atom. The number of amides is 1. The maximum Gasteiger partial charge on any atom is 0.387 e. The zero-order valence-corrected chi connectivity index (χ0v) is 12.7. The Balaban J connectivity index is 1.86. The first-order valence-corrected chi connectivity index (χ1v) is 6.82. The van der Waals surface area contributed by atoms with Crippen molar-refractivity contribution in [2.45, 2.75) is 27.0 Å². The Hall–Kier alpha value is -2.77. The number of hydrogen-bond donors (Lipinski definition) is 1. The van der Waals surface area contributed by atoms with Gasteiger partial charge < -0.3 is 4.74 Å². The highest BCUT2D eigenvalue weighted by Gasteiger charge is 2.06. The first-order valence-electron chi connectivity index (χ1n) is 6.82. The number of hydrazone groups is 1. The van der Waals surface area contributed by atoms with Crippen LogP contribution in [0.5, 0.6) is 5.75 Å². The van der Waals surface area contributed by atoms with E-state index in [0.29, 0.717) is 5.56 Å². The van der Waals surface area contributed by atoms with Gasteiger partial charge in [-0.25, -0.2) is 5.43 Å². The summed E-state index contributed by atoms with van der Waals surface area (Å²) in [6.07, 6.45) is 1.41. The highest BCUT2D eigenvalue weighted by atomic mass is 19.3. The molecule has 0 radical (unpaired) electrons. The zero-order chi connectivity index (χ0) is 16.8. The largest absolute Gasteiger partial charge is 0.435 e. The van der Waals surface area contributed by atoms with Crippen molar-refractivity contribution in [1.29, 1.82) is 0 Å². The van der Waals surface area contributed by atoms with E-state index in [4.69, 9.17) is 0 Å². The molecule has 0 aliphatic heterocycles. The van der Waals surface area contributed by atoms with E-state index in [1.807, 2.05) is 19.9 Å². The van der Waals surface area contributed by atoms with Crippen LogP contribution in [0.4, 0.5) is 8.78 Å². The molecule has 0 atom stereocenters. The van der Waals surface area contributed by atoms with Crippen LogP contribution in [-0.2, 0) is 11.3 Å². The normalized spacial score (nSPS) is 11.2. The van der Waals surface area contributed by atoms with Gasteiger partial charge in [-0.1, -0.05) is 0 Å². The molecule has 0 bridgehead atoms. The topological polar surface area (TPSA) is 68.5 Å². The maximum absolute atomic E-state index is 12.0. The first kappa shape index (κ1) is 16.6. The molecule has 1 amide bonds. The summed E-state index contributed by atoms with van der Waals surface area (Å²) >= 11 is 0. The standard InChI is InChI=1S/C15H16F2N4O2/c1-10-7-11(2)21(20-10)9-14(22)19-18-8-12-3-5-13(6-4-12)23-15(16)17/h3-8,15H,9H2,1-2H3,(H,19,22)/b18-8+. The number of carbonyl (C=O) groups is 1. The van der Waals surface area contributed by atoms with Crippen molar-refractivity contribution in [3.63, 3.8) is 0 Å². The van der Waals surface area contributed by atoms with Crippen LogP contribution in [-0.4, -0.2) is 28.5 Å². The lowest BCUT2D eigenvalue weighted by Crippen LogP contribution is -2.24. The van der Waals surface area contributed by atoms with Gasteiger partial charge in [-0.15, -0.1) is 0 Å². The van der Waals surface area contributed by atoms with Crippen LogP contribution in [0.1, 0.15) is 17.0 Å². The highest BCUT2D eigenvalue weighted by Crippen LogP contribution is 2.13. The van der Waals surface area contributed by atoms with Gasteiger partial charge in [-0.2, -0.15) is 19.0 Å². The molecule has 1 heterocycles. The number of aromatic nitrogens is 2. The summed E-state index contributed by atoms with van der Waals surface area (Å²) in [7, 11) is 0. The Morgan fingerprint density at radius 1 is 1.39 bits per heavy atom. The average Bonchev–Trinajstić information content (AvgIpc) is 2.78. The third-order valence-corrected chi connectivity index (χ3v) is 2.90. The predicted molar refractivity (Wildman–Crippen MR) is 80.5 cm³/mol. The molecule has 6 nitrogen and oxygen atoms in total. The molecule has 0 aliphatic rings. The Morgan fingerprint density at radius 2 is 2.09 bits per heavy atom. The summed E-state index contributed by atoms with van der Waals surface area (Å²) < 4.78 is 29.9. The molecule has 1 N–H and O–H groups in total. The lowest BCUT2D eigenvalue weighted by atomic mass is 10.2. The number of carbonyl (C=O) groups excluding carboxylic acids is 1. The van der Waals surface area contributed by atoms with Crippen molar-refractivity contribution in [3.05, 3.63) is 47.3 Å². The monoisotopic (exact) mass is 322 g/mol. The Labute approximate surface area is 131 Å². The number of alkyl halides is 2. The smallest absolute Gasteiger partial charge is 0.387 e. The number of ether oxygens (including phenoxy) is 1. The number of aryl methyl sites for hydroxylation is 2. The van der Waals surface area contributed by atoms with Gasteiger partial charge in [0, 0.05) is 5.69 Å². The summed E-state index contributed by atoms with van der Waals surface area (Å²) in [6.45, 7) is 0.918. The maximum atomic E-state index is 12.0. The average molecular weight is 322 g/mol. The number of nitrogens with one attached hydrogen (secondary N) is 1. The van der Waals surface area contributed by atoms with Crippen molar-refractivity contribution >= 4 is 12.1 Å². The summed E-state index contributed by atoms with van der Waals surface area (Å²) in [5.74, 6) is -0.254. The van der Waals surface area contributed by atoms with Crippen LogP contribution in [0.15, 0.2) is 35.4 Å². The predicted octanol–water partition coefficient (Wildman–Crippen LogP) is 2.25. The van der Waals surface area contributed by atoms with E-state index in [1.54, 1.807) is 16.8 Å². The van der Waals surface area contributed by atoms with Gasteiger partial charge >= 0.3 is 6.61 Å². The van der Waals surface area contributed by atoms with E-state index in [2.05, 4.69) is 20.4 Å². The van der Waals surface area contributed by atoms with Crippen molar-refractivity contribution in [2.24, 2.45) is 5.10 Å². The molecule has 0 spiro atoms. The van der Waals surface area contributed by atoms with E-state index >= 15 is 0 Å². The minimum Gasteiger partial charge on any atom is -0.435 e. The van der Waals surface area contributed by atoms with Crippen molar-refractivity contribution in [3.8, 4) is 5.75 Å². The lowest BCUT2D eigenvalue weighted by Gasteiger charge is -2.04. The van der Waals surface area contributed by atoms with E-state index in [-0.39, 0.29) is 18.2 Å². The fourth-order valence-electron chi connectivity index (χ4n) is 1.92. The number of halogens is 2. The second-order valence-corrected chi connectivity index (χ2v) is 4.83. The lowest BCUT2D eigenvalue weighted by molar-refractivity contribution is -0.121. The van der Waals surface area contributed by atoms with Crippen molar-refractivity contribution in [2.75, 3.05) is 0 Å². The molecule has 1 aromatic heterocycles. The quantitative estimate of drug-likeness (QED) is 0.655. The van der Waals surface area contributed by atoms with E-state index < -0.39 is 6.61 Å². The molecule has 8 heteroatoms. The minimum atomic E-state index is -2.86. The van der Waals surface area contributed by atoms with Crippen LogP contribution in [0.2, 0.25) is 0 Å². The van der Waals surface area contributed by atoms with Crippen LogP contribution >= 0.6 is 0 Å². The van der Waals surface area contributed by atoms with Gasteiger partial charge in [0.1, 0.15) is 12.3 Å². The molecule has 0 fully saturated rings. The van der Waals surface area contributed by atoms with Gasteiger partial charge in [-0.3, -0.25) is 9.48 Å². The van der Waals surface area contributed by atoms with Gasteiger partial charge in [0.2, 0.25) is 0 Å². The molecule has 2 aromatic rings. The van der Waals surface area contributed by atoms with Crippen LogP contribution in [0, 0.1) is 13.8 Å². The van der Waals surface area contributed by atoms with Gasteiger partial charge in [0.05, 0.1) is 11.9 Å². The fourth-order valence-corrected chi connectivity index (χ4v) is 1.92. The zero-order valence-electron chi connectivity index (χ0n) is 12.7. The van der Waals surface area contributed by atoms with Crippen LogP contribution < -0.4 is 10.2 Å². The van der Waals surface area contributed by atoms with Crippen LogP contribution in [0.25, 0.3) is 0 Å². The summed E-state index contributed by atoms with van der Waals surface area (Å²) in [5, 5.41) is 7.99. The third kappa shape index (κ3) is 5.17. The molecular formula is C15H16F2N4O2. The number of rotatable bonds is 6. The third-order valence-electron chi connectivity index (χ3n) is 2.90. The molecule has 0 saturated heterocycles. The van der Waals surface area contributed by atoms with Gasteiger partial charge in [-0.05, 0) is 49.7 Å². The molecule has 0 unspecified atom stereocenters. The summed E-state index contributed by atoms with van der Waals surface area (Å²) in [4.78, 5) is 11.8. The molecule has 1 aromatic carbocycles. The van der Waals surface area contributed by atoms with Gasteiger partial charge in [0.15, 0.2) is 0 Å². The molecule has 122 valence electrons. The van der Waals surface area contributed by atoms with Crippen molar-refractivity contribution < 1.29 is 18.3 Å². The second-order valence-electron chi connectivity index (χ2n) is 4.83. The molecule has 2 rings (SSSR count). The SMILES string of the molecule is Cc1cc(C)n(CC(=O)N/N=C/c2ccc(OC(F)F)cc2)n1. The number of hydrogen-bond acceptors (Lipinski definition) is 4. The first-order chi connectivity index (χ1) is 10.9. The molecular weight excluding hydrogens is 306 g/mol. The highest BCUT2D eigenvalue weighted by molar-refractivity contribution is 5.82. The van der Waals surface area contributed by atoms with Crippen LogP contribution in [0.3, 0.4) is 0 Å². The minimum absolute atomic E-state index is 0.0608. The van der Waals surface area contributed by atoms with E-state index in [9.17, 15) is 13.6 Å². The second kappa shape index (κ2) is 7.48. The van der Waals surface area contributed by atoms with E-state index in [0.717, 1.165) is 11.4 Å². The molecule has 23 heavy (non-hydrogen) atoms. The number of benzene rings is 1. The summed E-state index contributed by atoms with van der Waals surface area (Å²) in [6, 6.07) is 7.76. The Bertz CT molecular complexity index is 696. The van der Waals surface area contributed by atoms with Crippen molar-refractivity contribution in [1.82, 2.24) is 15.2 Å². The number of nitrogens with zero attached hydrogens (tertiary/aromatic N) is 3. The summed E-state index contributed by atoms with van der Waals surface area (Å²) in [5.41, 5.74) is 4.74. The molecule has 0 saturated carbocycles. The van der Waals surface area contributed by atoms with E-state index in [1.165, 1.54) is 18.3 Å².